The van der Waals surface area contributed by atoms with Gasteiger partial charge in [0.05, 0.1) is 7.11 Å². The lowest BCUT2D eigenvalue weighted by atomic mass is 9.65. The van der Waals surface area contributed by atoms with E-state index in [9.17, 15) is 9.59 Å². The summed E-state index contributed by atoms with van der Waals surface area (Å²) in [5.74, 6) is 0.364. The Morgan fingerprint density at radius 1 is 1.02 bits per heavy atom. The van der Waals surface area contributed by atoms with Crippen molar-refractivity contribution >= 4 is 28.2 Å². The van der Waals surface area contributed by atoms with Crippen LogP contribution in [-0.4, -0.2) is 25.7 Å². The van der Waals surface area contributed by atoms with Gasteiger partial charge >= 0.3 is 5.97 Å². The van der Waals surface area contributed by atoms with Crippen molar-refractivity contribution in [3.63, 3.8) is 0 Å². The fraction of sp³-hybridized carbons (Fsp3) is 0.405. The Hall–Kier alpha value is -4.06. The Balaban J connectivity index is 1.34. The summed E-state index contributed by atoms with van der Waals surface area (Å²) in [4.78, 5) is 28.1. The molecule has 0 radical (unpaired) electrons. The van der Waals surface area contributed by atoms with E-state index in [1.54, 1.807) is 0 Å². The first-order chi connectivity index (χ1) is 20.7. The lowest BCUT2D eigenvalue weighted by molar-refractivity contribution is -0.145. The molecular formula is C37H37NO5. The first-order valence-electron chi connectivity index (χ1n) is 15.5. The third-order valence-corrected chi connectivity index (χ3v) is 11.8. The number of ketones is 1. The molecule has 2 fully saturated rings. The Morgan fingerprint density at radius 3 is 2.60 bits per heavy atom. The van der Waals surface area contributed by atoms with Gasteiger partial charge in [0, 0.05) is 35.2 Å². The highest BCUT2D eigenvalue weighted by molar-refractivity contribution is 6.06. The summed E-state index contributed by atoms with van der Waals surface area (Å²) in [6.07, 6.45) is 6.10. The van der Waals surface area contributed by atoms with E-state index in [0.29, 0.717) is 28.7 Å². The zero-order valence-corrected chi connectivity index (χ0v) is 25.2. The van der Waals surface area contributed by atoms with Crippen molar-refractivity contribution in [2.45, 2.75) is 58.3 Å². The van der Waals surface area contributed by atoms with Gasteiger partial charge in [-0.05, 0) is 76.1 Å². The van der Waals surface area contributed by atoms with Crippen LogP contribution in [0.3, 0.4) is 0 Å². The second-order valence-electron chi connectivity index (χ2n) is 13.7. The van der Waals surface area contributed by atoms with Gasteiger partial charge in [0.1, 0.15) is 5.92 Å². The SMILES string of the molecule is COC(=O)[C@H]1C2=C(C(=O)C[C@@H]1c1ccc3c(c1)OCO3)[C@@H](C=C1CC3CCC1(C)C3(C)C)c1c(ccc3ccccc13)N2. The zero-order chi connectivity index (χ0) is 29.7. The Morgan fingerprint density at radius 2 is 1.84 bits per heavy atom. The third kappa shape index (κ3) is 3.65. The van der Waals surface area contributed by atoms with E-state index in [0.717, 1.165) is 34.0 Å². The van der Waals surface area contributed by atoms with Crippen LogP contribution in [-0.2, 0) is 14.3 Å². The highest BCUT2D eigenvalue weighted by Crippen LogP contribution is 2.68. The molecule has 2 aliphatic heterocycles. The number of methoxy groups -OCH3 is 1. The van der Waals surface area contributed by atoms with E-state index >= 15 is 0 Å². The van der Waals surface area contributed by atoms with Crippen molar-refractivity contribution in [2.24, 2.45) is 22.7 Å². The lowest BCUT2D eigenvalue weighted by Gasteiger charge is -2.41. The minimum atomic E-state index is -0.661. The van der Waals surface area contributed by atoms with Crippen molar-refractivity contribution in [3.8, 4) is 11.5 Å². The summed E-state index contributed by atoms with van der Waals surface area (Å²) < 4.78 is 16.6. The molecule has 5 aliphatic rings. The molecule has 8 rings (SSSR count). The van der Waals surface area contributed by atoms with Gasteiger partial charge in [-0.3, -0.25) is 9.59 Å². The van der Waals surface area contributed by atoms with Crippen molar-refractivity contribution in [3.05, 3.63) is 88.6 Å². The van der Waals surface area contributed by atoms with Crippen molar-refractivity contribution in [2.75, 3.05) is 19.2 Å². The van der Waals surface area contributed by atoms with Gasteiger partial charge in [0.25, 0.3) is 0 Å². The molecule has 3 aromatic rings. The van der Waals surface area contributed by atoms with Gasteiger partial charge < -0.3 is 19.5 Å². The van der Waals surface area contributed by atoms with E-state index in [2.05, 4.69) is 68.6 Å². The number of fused-ring (bicyclic) bond motifs is 6. The molecule has 1 N–H and O–H groups in total. The predicted octanol–water partition coefficient (Wildman–Crippen LogP) is 7.65. The smallest absolute Gasteiger partial charge is 0.315 e. The molecule has 5 atom stereocenters. The summed E-state index contributed by atoms with van der Waals surface area (Å²) >= 11 is 0. The summed E-state index contributed by atoms with van der Waals surface area (Å²) in [5.41, 5.74) is 6.04. The minimum Gasteiger partial charge on any atom is -0.468 e. The van der Waals surface area contributed by atoms with Gasteiger partial charge in [-0.1, -0.05) is 68.8 Å². The number of anilines is 1. The van der Waals surface area contributed by atoms with E-state index in [1.807, 2.05) is 18.2 Å². The molecule has 3 aromatic carbocycles. The normalized spacial score (nSPS) is 30.8. The molecule has 2 heterocycles. The number of ether oxygens (including phenoxy) is 3. The maximum absolute atomic E-state index is 14.5. The molecule has 2 bridgehead atoms. The van der Waals surface area contributed by atoms with Crippen LogP contribution < -0.4 is 14.8 Å². The maximum atomic E-state index is 14.5. The highest BCUT2D eigenvalue weighted by Gasteiger charge is 2.59. The van der Waals surface area contributed by atoms with Gasteiger partial charge in [0.2, 0.25) is 6.79 Å². The van der Waals surface area contributed by atoms with E-state index in [4.69, 9.17) is 14.2 Å². The van der Waals surface area contributed by atoms with Crippen molar-refractivity contribution < 1.29 is 23.8 Å². The topological polar surface area (TPSA) is 73.9 Å². The first kappa shape index (κ1) is 26.6. The standard InChI is InChI=1S/C37H37NO5/c1-36(2)22-13-14-37(36,3)23(16-22)17-26-31-24-8-6-5-7-20(24)9-11-27(31)38-34-32(26)28(39)18-25(33(34)35(40)41-4)21-10-12-29-30(15-21)43-19-42-29/h5-12,15,17,22,25-26,33,38H,13-14,16,18-19H2,1-4H3/t22?,25-,26+,33-,37?/m1/s1. The lowest BCUT2D eigenvalue weighted by Crippen LogP contribution is -2.39. The largest absolute Gasteiger partial charge is 0.468 e. The molecule has 6 heteroatoms. The van der Waals surface area contributed by atoms with E-state index < -0.39 is 11.8 Å². The fourth-order valence-electron chi connectivity index (χ4n) is 8.96. The molecule has 6 nitrogen and oxygen atoms in total. The number of Topliss-reactive ketones (excluding diaryl/α,β-unsaturated/α-hetero) is 1. The van der Waals surface area contributed by atoms with Gasteiger partial charge in [-0.2, -0.15) is 0 Å². The van der Waals surface area contributed by atoms with Crippen LogP contribution in [0.4, 0.5) is 5.69 Å². The first-order valence-corrected chi connectivity index (χ1v) is 15.5. The van der Waals surface area contributed by atoms with Crippen LogP contribution in [0.25, 0.3) is 10.8 Å². The van der Waals surface area contributed by atoms with Gasteiger partial charge in [0.15, 0.2) is 17.3 Å². The summed E-state index contributed by atoms with van der Waals surface area (Å²) in [5, 5.41) is 5.90. The summed E-state index contributed by atoms with van der Waals surface area (Å²) in [6, 6.07) is 18.3. The van der Waals surface area contributed by atoms with Crippen LogP contribution in [0.2, 0.25) is 0 Å². The second-order valence-corrected chi connectivity index (χ2v) is 13.7. The number of carbonyl (C=O) groups is 2. The molecule has 0 aromatic heterocycles. The Kier molecular flexibility index (Phi) is 5.69. The molecule has 3 aliphatic carbocycles. The summed E-state index contributed by atoms with van der Waals surface area (Å²) in [6.45, 7) is 7.41. The average molecular weight is 576 g/mol. The number of benzene rings is 3. The Labute approximate surface area is 252 Å². The number of allylic oxidation sites excluding steroid dienone is 3. The molecule has 0 amide bonds. The molecular weight excluding hydrogens is 538 g/mol. The average Bonchev–Trinajstić information content (AvgIpc) is 3.62. The highest BCUT2D eigenvalue weighted by atomic mass is 16.7. The third-order valence-electron chi connectivity index (χ3n) is 11.8. The Bertz CT molecular complexity index is 1780. The van der Waals surface area contributed by atoms with Crippen LogP contribution in [0.15, 0.2) is 77.5 Å². The number of hydrogen-bond acceptors (Lipinski definition) is 6. The quantitative estimate of drug-likeness (QED) is 0.255. The van der Waals surface area contributed by atoms with Crippen molar-refractivity contribution in [1.82, 2.24) is 0 Å². The minimum absolute atomic E-state index is 0.0679. The molecule has 43 heavy (non-hydrogen) atoms. The van der Waals surface area contributed by atoms with Gasteiger partial charge in [-0.15, -0.1) is 0 Å². The van der Waals surface area contributed by atoms with Gasteiger partial charge in [-0.25, -0.2) is 0 Å². The number of nitrogens with one attached hydrogen (secondary N) is 1. The number of carbonyl (C=O) groups excluding carboxylic acids is 2. The van der Waals surface area contributed by atoms with E-state index in [1.165, 1.54) is 25.5 Å². The summed E-state index contributed by atoms with van der Waals surface area (Å²) in [7, 11) is 1.43. The monoisotopic (exact) mass is 575 g/mol. The maximum Gasteiger partial charge on any atom is 0.315 e. The fourth-order valence-corrected chi connectivity index (χ4v) is 8.96. The van der Waals surface area contributed by atoms with Crippen LogP contribution in [0, 0.1) is 22.7 Å². The second kappa shape index (κ2) is 9.22. The molecule has 2 saturated carbocycles. The van der Waals surface area contributed by atoms with Crippen LogP contribution in [0.1, 0.15) is 69.4 Å². The molecule has 0 saturated heterocycles. The number of rotatable bonds is 3. The van der Waals surface area contributed by atoms with Crippen LogP contribution in [0.5, 0.6) is 11.5 Å². The predicted molar refractivity (Wildman–Crippen MR) is 165 cm³/mol. The van der Waals surface area contributed by atoms with E-state index in [-0.39, 0.29) is 41.7 Å². The van der Waals surface area contributed by atoms with Crippen molar-refractivity contribution in [1.29, 1.82) is 0 Å². The number of hydrogen-bond donors (Lipinski definition) is 1. The van der Waals surface area contributed by atoms with Crippen LogP contribution >= 0.6 is 0 Å². The zero-order valence-electron chi connectivity index (χ0n) is 25.2. The molecule has 220 valence electrons. The molecule has 2 unspecified atom stereocenters. The molecule has 0 spiro atoms. The number of esters is 1.